The number of ether oxygens (including phenoxy) is 1. The molecule has 4 aromatic carbocycles. The van der Waals surface area contributed by atoms with Crippen LogP contribution in [-0.4, -0.2) is 52.9 Å². The van der Waals surface area contributed by atoms with E-state index in [2.05, 4.69) is 41.0 Å². The van der Waals surface area contributed by atoms with Gasteiger partial charge in [0.2, 0.25) is 5.89 Å². The molecule has 0 spiro atoms. The molecule has 7 nitrogen and oxygen atoms in total. The van der Waals surface area contributed by atoms with E-state index in [4.69, 9.17) is 9.15 Å². The first-order chi connectivity index (χ1) is 20.4. The number of aliphatic hydroxyl groups is 1. The Balaban J connectivity index is 1.05. The van der Waals surface area contributed by atoms with Crippen molar-refractivity contribution in [3.05, 3.63) is 138 Å². The molecule has 42 heavy (non-hydrogen) atoms. The summed E-state index contributed by atoms with van der Waals surface area (Å²) in [7, 11) is 4.22. The van der Waals surface area contributed by atoms with Crippen LogP contribution in [0.25, 0.3) is 11.5 Å². The summed E-state index contributed by atoms with van der Waals surface area (Å²) in [6.45, 7) is 3.43. The molecule has 1 heterocycles. The Morgan fingerprint density at radius 1 is 0.786 bits per heavy atom. The maximum Gasteiger partial charge on any atom is 0.225 e. The predicted molar refractivity (Wildman–Crippen MR) is 163 cm³/mol. The zero-order chi connectivity index (χ0) is 29.3. The summed E-state index contributed by atoms with van der Waals surface area (Å²) < 4.78 is 11.3. The van der Waals surface area contributed by atoms with Gasteiger partial charge in [0.05, 0.1) is 6.20 Å². The lowest BCUT2D eigenvalue weighted by molar-refractivity contribution is 0.0747. The van der Waals surface area contributed by atoms with Crippen molar-refractivity contribution in [2.24, 2.45) is 0 Å². The van der Waals surface area contributed by atoms with Crippen LogP contribution in [0.4, 0.5) is 0 Å². The molecule has 214 valence electrons. The van der Waals surface area contributed by atoms with E-state index in [0.29, 0.717) is 17.0 Å². The second-order valence-corrected chi connectivity index (χ2v) is 10.5. The average Bonchev–Trinajstić information content (AvgIpc) is 3.57. The summed E-state index contributed by atoms with van der Waals surface area (Å²) in [6, 6.07) is 32.3. The van der Waals surface area contributed by atoms with E-state index in [1.54, 1.807) is 36.7 Å². The van der Waals surface area contributed by atoms with Gasteiger partial charge >= 0.3 is 0 Å². The Hall–Kier alpha value is -4.56. The van der Waals surface area contributed by atoms with Crippen LogP contribution in [0.2, 0.25) is 0 Å². The van der Waals surface area contributed by atoms with Gasteiger partial charge in [-0.25, -0.2) is 4.98 Å². The second-order valence-electron chi connectivity index (χ2n) is 10.5. The van der Waals surface area contributed by atoms with Gasteiger partial charge in [-0.15, -0.1) is 0 Å². The number of aliphatic hydroxyl groups excluding tert-OH is 1. The molecule has 5 aromatic rings. The van der Waals surface area contributed by atoms with Crippen molar-refractivity contribution in [3.8, 4) is 23.0 Å². The van der Waals surface area contributed by atoms with Crippen LogP contribution in [0, 0.1) is 0 Å². The molecule has 0 bridgehead atoms. The van der Waals surface area contributed by atoms with E-state index in [-0.39, 0.29) is 5.78 Å². The zero-order valence-corrected chi connectivity index (χ0v) is 23.9. The van der Waals surface area contributed by atoms with E-state index >= 15 is 0 Å². The second kappa shape index (κ2) is 13.9. The minimum absolute atomic E-state index is 0.292. The summed E-state index contributed by atoms with van der Waals surface area (Å²) in [4.78, 5) is 21.3. The van der Waals surface area contributed by atoms with Gasteiger partial charge in [-0.1, -0.05) is 66.7 Å². The Morgan fingerprint density at radius 2 is 1.33 bits per heavy atom. The molecular weight excluding hydrogens is 526 g/mol. The number of nitrogens with zero attached hydrogens (tertiary/aromatic N) is 3. The highest BCUT2D eigenvalue weighted by Gasteiger charge is 2.19. The van der Waals surface area contributed by atoms with Gasteiger partial charge in [-0.2, -0.15) is 0 Å². The molecule has 7 heteroatoms. The van der Waals surface area contributed by atoms with Crippen molar-refractivity contribution in [1.29, 1.82) is 0 Å². The number of Topliss-reactive ketones (excluding diaryl/α,β-unsaturated/α-hetero) is 1. The molecule has 0 saturated carbocycles. The van der Waals surface area contributed by atoms with E-state index in [0.717, 1.165) is 48.8 Å². The molecule has 0 radical (unpaired) electrons. The number of rotatable bonds is 13. The van der Waals surface area contributed by atoms with Crippen molar-refractivity contribution >= 4 is 5.78 Å². The molecule has 1 N–H and O–H groups in total. The first-order valence-electron chi connectivity index (χ1n) is 13.9. The molecule has 1 unspecified atom stereocenters. The van der Waals surface area contributed by atoms with Crippen LogP contribution < -0.4 is 4.74 Å². The summed E-state index contributed by atoms with van der Waals surface area (Å²) in [6.07, 6.45) is 2.03. The van der Waals surface area contributed by atoms with Gasteiger partial charge in [0.25, 0.3) is 0 Å². The molecule has 0 fully saturated rings. The largest absolute Gasteiger partial charge is 0.457 e. The maximum atomic E-state index is 12.5. The van der Waals surface area contributed by atoms with Crippen molar-refractivity contribution in [3.63, 3.8) is 0 Å². The fourth-order valence-electron chi connectivity index (χ4n) is 4.67. The zero-order valence-electron chi connectivity index (χ0n) is 23.9. The quantitative estimate of drug-likeness (QED) is 0.162. The first-order valence-corrected chi connectivity index (χ1v) is 13.9. The molecule has 1 aromatic heterocycles. The van der Waals surface area contributed by atoms with Gasteiger partial charge in [-0.05, 0) is 67.2 Å². The van der Waals surface area contributed by atoms with Gasteiger partial charge in [0, 0.05) is 37.3 Å². The predicted octanol–water partition coefficient (Wildman–Crippen LogP) is 6.61. The Kier molecular flexibility index (Phi) is 9.56. The molecule has 0 amide bonds. The van der Waals surface area contributed by atoms with Crippen LogP contribution in [0.15, 0.2) is 120 Å². The lowest BCUT2D eigenvalue weighted by Crippen LogP contribution is -2.30. The SMILES string of the molecule is CN(CCN(C)Cc1ccc(C(O)C(=O)c2ccccc2)cc1)Cc1ccc(Oc2ccc(-c3ncco3)cc2)cc1. The van der Waals surface area contributed by atoms with Crippen LogP contribution in [0.1, 0.15) is 33.2 Å². The summed E-state index contributed by atoms with van der Waals surface area (Å²) in [5.41, 5.74) is 4.36. The number of benzene rings is 4. The molecule has 5 rings (SSSR count). The van der Waals surface area contributed by atoms with E-state index in [9.17, 15) is 9.90 Å². The smallest absolute Gasteiger partial charge is 0.225 e. The summed E-state index contributed by atoms with van der Waals surface area (Å²) in [5.74, 6) is 1.84. The standard InChI is InChI=1S/C35H35N3O4/c1-37(24-26-8-12-29(13-9-26)34(40)33(39)28-6-4-3-5-7-28)21-22-38(2)25-27-10-16-31(17-11-27)42-32-18-14-30(15-19-32)35-36-20-23-41-35/h3-20,23,34,40H,21-22,24-25H2,1-2H3. The number of likely N-dealkylation sites (N-methyl/N-ethyl adjacent to an activating group) is 2. The molecule has 0 saturated heterocycles. The fourth-order valence-corrected chi connectivity index (χ4v) is 4.67. The summed E-state index contributed by atoms with van der Waals surface area (Å²) >= 11 is 0. The van der Waals surface area contributed by atoms with Crippen LogP contribution >= 0.6 is 0 Å². The third-order valence-electron chi connectivity index (χ3n) is 7.06. The van der Waals surface area contributed by atoms with E-state index in [1.807, 2.05) is 66.7 Å². The number of hydrogen-bond donors (Lipinski definition) is 1. The third-order valence-corrected chi connectivity index (χ3v) is 7.06. The van der Waals surface area contributed by atoms with E-state index in [1.165, 1.54) is 5.56 Å². The molecule has 0 aliphatic rings. The highest BCUT2D eigenvalue weighted by molar-refractivity contribution is 5.99. The van der Waals surface area contributed by atoms with Gasteiger partial charge in [-0.3, -0.25) is 4.79 Å². The Labute approximate surface area is 246 Å². The number of carbonyl (C=O) groups excluding carboxylic acids is 1. The van der Waals surface area contributed by atoms with Crippen molar-refractivity contribution < 1.29 is 19.1 Å². The van der Waals surface area contributed by atoms with Crippen molar-refractivity contribution in [2.45, 2.75) is 19.2 Å². The number of aromatic nitrogens is 1. The maximum absolute atomic E-state index is 12.5. The number of oxazole rings is 1. The average molecular weight is 562 g/mol. The highest BCUT2D eigenvalue weighted by atomic mass is 16.5. The normalized spacial score (nSPS) is 12.0. The first kappa shape index (κ1) is 29.0. The molecule has 0 aliphatic heterocycles. The van der Waals surface area contributed by atoms with Gasteiger partial charge in [0.1, 0.15) is 23.9 Å². The summed E-state index contributed by atoms with van der Waals surface area (Å²) in [5, 5.41) is 10.5. The highest BCUT2D eigenvalue weighted by Crippen LogP contribution is 2.25. The van der Waals surface area contributed by atoms with Crippen LogP contribution in [-0.2, 0) is 13.1 Å². The van der Waals surface area contributed by atoms with Gasteiger partial charge in [0.15, 0.2) is 5.78 Å². The lowest BCUT2D eigenvalue weighted by atomic mass is 9.99. The monoisotopic (exact) mass is 561 g/mol. The number of carbonyl (C=O) groups is 1. The van der Waals surface area contributed by atoms with Crippen LogP contribution in [0.3, 0.4) is 0 Å². The molecule has 0 aliphatic carbocycles. The topological polar surface area (TPSA) is 79.0 Å². The minimum atomic E-state index is -1.16. The number of ketones is 1. The third kappa shape index (κ3) is 7.79. The van der Waals surface area contributed by atoms with Crippen molar-refractivity contribution in [1.82, 2.24) is 14.8 Å². The Bertz CT molecular complexity index is 1540. The van der Waals surface area contributed by atoms with Crippen molar-refractivity contribution in [2.75, 3.05) is 27.2 Å². The molecular formula is C35H35N3O4. The molecule has 1 atom stereocenters. The number of hydrogen-bond acceptors (Lipinski definition) is 7. The lowest BCUT2D eigenvalue weighted by Gasteiger charge is -2.22. The Morgan fingerprint density at radius 3 is 1.88 bits per heavy atom. The van der Waals surface area contributed by atoms with E-state index < -0.39 is 6.10 Å². The van der Waals surface area contributed by atoms with Crippen LogP contribution in [0.5, 0.6) is 11.5 Å². The minimum Gasteiger partial charge on any atom is -0.457 e. The fraction of sp³-hybridized carbons (Fsp3) is 0.200. The van der Waals surface area contributed by atoms with Gasteiger partial charge < -0.3 is 24.1 Å².